The Morgan fingerprint density at radius 3 is 2.58 bits per heavy atom. The minimum Gasteiger partial charge on any atom is -0.452 e. The summed E-state index contributed by atoms with van der Waals surface area (Å²) in [7, 11) is 0. The number of hydrogen-bond acceptors (Lipinski definition) is 5. The molecule has 172 valence electrons. The van der Waals surface area contributed by atoms with Gasteiger partial charge in [-0.15, -0.1) is 0 Å². The molecule has 1 N–H and O–H groups in total. The number of carbonyl (C=O) groups is 4. The fraction of sp³-hybridized carbons (Fsp3) is 0.385. The highest BCUT2D eigenvalue weighted by Crippen LogP contribution is 2.42. The first-order valence-corrected chi connectivity index (χ1v) is 11.3. The third-order valence-electron chi connectivity index (χ3n) is 6.53. The van der Waals surface area contributed by atoms with Crippen molar-refractivity contribution in [2.24, 2.45) is 17.8 Å². The van der Waals surface area contributed by atoms with Gasteiger partial charge in [-0.1, -0.05) is 25.1 Å². The Hall–Kier alpha value is -3.48. The molecule has 1 saturated heterocycles. The van der Waals surface area contributed by atoms with Crippen LogP contribution in [0.5, 0.6) is 0 Å². The number of benzene rings is 2. The van der Waals surface area contributed by atoms with Crippen LogP contribution in [0, 0.1) is 31.6 Å². The number of fused-ring (bicyclic) bond motifs is 1. The van der Waals surface area contributed by atoms with Crippen molar-refractivity contribution in [3.8, 4) is 0 Å². The molecule has 1 saturated carbocycles. The third-order valence-corrected chi connectivity index (χ3v) is 6.53. The van der Waals surface area contributed by atoms with Crippen LogP contribution >= 0.6 is 0 Å². The summed E-state index contributed by atoms with van der Waals surface area (Å²) < 4.78 is 5.17. The van der Waals surface area contributed by atoms with Crippen LogP contribution in [0.15, 0.2) is 42.5 Å². The van der Waals surface area contributed by atoms with E-state index in [0.717, 1.165) is 17.5 Å². The van der Waals surface area contributed by atoms with Gasteiger partial charge in [0.05, 0.1) is 23.1 Å². The summed E-state index contributed by atoms with van der Waals surface area (Å²) in [5.74, 6) is -1.69. The summed E-state index contributed by atoms with van der Waals surface area (Å²) in [5, 5.41) is 2.74. The van der Waals surface area contributed by atoms with E-state index in [0.29, 0.717) is 30.1 Å². The second kappa shape index (κ2) is 9.17. The van der Waals surface area contributed by atoms with Gasteiger partial charge in [-0.05, 0) is 74.4 Å². The summed E-state index contributed by atoms with van der Waals surface area (Å²) in [4.78, 5) is 51.9. The number of nitrogens with one attached hydrogen (secondary N) is 1. The van der Waals surface area contributed by atoms with Crippen LogP contribution in [0.25, 0.3) is 0 Å². The lowest BCUT2D eigenvalue weighted by Gasteiger charge is -2.25. The number of esters is 1. The third kappa shape index (κ3) is 4.67. The van der Waals surface area contributed by atoms with E-state index >= 15 is 0 Å². The number of carbonyl (C=O) groups excluding carboxylic acids is 4. The van der Waals surface area contributed by atoms with E-state index in [1.807, 2.05) is 32.0 Å². The van der Waals surface area contributed by atoms with Gasteiger partial charge < -0.3 is 10.1 Å². The molecule has 4 rings (SSSR count). The molecule has 0 radical (unpaired) electrons. The molecule has 2 aromatic rings. The Morgan fingerprint density at radius 1 is 1.03 bits per heavy atom. The van der Waals surface area contributed by atoms with Crippen LogP contribution in [0.3, 0.4) is 0 Å². The van der Waals surface area contributed by atoms with Gasteiger partial charge in [0.2, 0.25) is 11.8 Å². The molecule has 3 amide bonds. The lowest BCUT2D eigenvalue weighted by molar-refractivity contribution is -0.122. The minimum absolute atomic E-state index is 0.177. The van der Waals surface area contributed by atoms with Crippen molar-refractivity contribution < 1.29 is 23.9 Å². The number of rotatable bonds is 5. The fourth-order valence-corrected chi connectivity index (χ4v) is 4.69. The van der Waals surface area contributed by atoms with Gasteiger partial charge in [-0.25, -0.2) is 4.79 Å². The molecule has 7 nitrogen and oxygen atoms in total. The molecule has 2 aromatic carbocycles. The summed E-state index contributed by atoms with van der Waals surface area (Å²) in [6, 6.07) is 12.0. The summed E-state index contributed by atoms with van der Waals surface area (Å²) in [6.07, 6.45) is 2.36. The SMILES string of the molecule is Cc1ccc(C)c(NC(=O)COC(=O)c2cccc(N3C(=O)[C@@H]4CC[C@@H](C)C[C@H]4C3=O)c2)c1. The first kappa shape index (κ1) is 22.7. The van der Waals surface area contributed by atoms with Gasteiger partial charge in [0.25, 0.3) is 5.91 Å². The number of ether oxygens (including phenoxy) is 1. The quantitative estimate of drug-likeness (QED) is 0.551. The van der Waals surface area contributed by atoms with E-state index in [4.69, 9.17) is 4.74 Å². The molecule has 1 aliphatic heterocycles. The van der Waals surface area contributed by atoms with Crippen molar-refractivity contribution in [3.63, 3.8) is 0 Å². The summed E-state index contributed by atoms with van der Waals surface area (Å²) >= 11 is 0. The highest BCUT2D eigenvalue weighted by Gasteiger charge is 2.50. The molecule has 2 fully saturated rings. The Morgan fingerprint density at radius 2 is 1.79 bits per heavy atom. The molecule has 1 heterocycles. The topological polar surface area (TPSA) is 92.8 Å². The average Bonchev–Trinajstić information content (AvgIpc) is 3.04. The first-order valence-electron chi connectivity index (χ1n) is 11.3. The molecule has 7 heteroatoms. The van der Waals surface area contributed by atoms with Crippen LogP contribution in [-0.4, -0.2) is 30.3 Å². The van der Waals surface area contributed by atoms with Crippen LogP contribution in [0.2, 0.25) is 0 Å². The van der Waals surface area contributed by atoms with E-state index in [9.17, 15) is 19.2 Å². The highest BCUT2D eigenvalue weighted by molar-refractivity contribution is 6.22. The maximum atomic E-state index is 13.0. The predicted molar refractivity (Wildman–Crippen MR) is 124 cm³/mol. The van der Waals surface area contributed by atoms with Gasteiger partial charge >= 0.3 is 5.97 Å². The maximum absolute atomic E-state index is 13.0. The van der Waals surface area contributed by atoms with Crippen molar-refractivity contribution in [1.29, 1.82) is 0 Å². The molecule has 1 aliphatic carbocycles. The Bertz CT molecular complexity index is 1130. The van der Waals surface area contributed by atoms with E-state index in [-0.39, 0.29) is 29.2 Å². The van der Waals surface area contributed by atoms with Gasteiger partial charge in [0.1, 0.15) is 0 Å². The van der Waals surface area contributed by atoms with Gasteiger partial charge in [0, 0.05) is 5.69 Å². The molecule has 3 atom stereocenters. The first-order chi connectivity index (χ1) is 15.7. The minimum atomic E-state index is -0.696. The van der Waals surface area contributed by atoms with Gasteiger partial charge in [-0.3, -0.25) is 19.3 Å². The van der Waals surface area contributed by atoms with Gasteiger partial charge in [-0.2, -0.15) is 0 Å². The molecular formula is C26H28N2O5. The van der Waals surface area contributed by atoms with Crippen LogP contribution in [-0.2, 0) is 19.1 Å². The summed E-state index contributed by atoms with van der Waals surface area (Å²) in [6.45, 7) is 5.46. The molecular weight excluding hydrogens is 420 g/mol. The van der Waals surface area contributed by atoms with E-state index < -0.39 is 18.5 Å². The average molecular weight is 449 g/mol. The fourth-order valence-electron chi connectivity index (χ4n) is 4.69. The molecule has 0 aromatic heterocycles. The summed E-state index contributed by atoms with van der Waals surface area (Å²) in [5.41, 5.74) is 3.12. The lowest BCUT2D eigenvalue weighted by Crippen LogP contribution is -2.31. The zero-order valence-electron chi connectivity index (χ0n) is 19.1. The van der Waals surface area contributed by atoms with Crippen molar-refractivity contribution in [2.75, 3.05) is 16.8 Å². The molecule has 0 unspecified atom stereocenters. The normalized spacial score (nSPS) is 22.2. The van der Waals surface area contributed by atoms with Crippen LogP contribution < -0.4 is 10.2 Å². The monoisotopic (exact) mass is 448 g/mol. The lowest BCUT2D eigenvalue weighted by atomic mass is 9.76. The van der Waals surface area contributed by atoms with Crippen molar-refractivity contribution in [1.82, 2.24) is 0 Å². The van der Waals surface area contributed by atoms with Crippen molar-refractivity contribution >= 4 is 35.1 Å². The molecule has 0 spiro atoms. The zero-order valence-corrected chi connectivity index (χ0v) is 19.1. The number of aryl methyl sites for hydroxylation is 2. The van der Waals surface area contributed by atoms with Crippen LogP contribution in [0.4, 0.5) is 11.4 Å². The molecule has 0 bridgehead atoms. The second-order valence-electron chi connectivity index (χ2n) is 9.14. The number of amides is 3. The maximum Gasteiger partial charge on any atom is 0.338 e. The van der Waals surface area contributed by atoms with E-state index in [1.165, 1.54) is 17.0 Å². The van der Waals surface area contributed by atoms with Crippen molar-refractivity contribution in [2.45, 2.75) is 40.0 Å². The number of hydrogen-bond donors (Lipinski definition) is 1. The predicted octanol–water partition coefficient (Wildman–Crippen LogP) is 4.02. The van der Waals surface area contributed by atoms with E-state index in [1.54, 1.807) is 12.1 Å². The van der Waals surface area contributed by atoms with E-state index in [2.05, 4.69) is 12.2 Å². The smallest absolute Gasteiger partial charge is 0.338 e. The number of anilines is 2. The van der Waals surface area contributed by atoms with Gasteiger partial charge in [0.15, 0.2) is 6.61 Å². The number of nitrogens with zero attached hydrogens (tertiary/aromatic N) is 1. The number of imide groups is 1. The highest BCUT2D eigenvalue weighted by atomic mass is 16.5. The Kier molecular flexibility index (Phi) is 6.31. The largest absolute Gasteiger partial charge is 0.452 e. The standard InChI is InChI=1S/C26H28N2O5/c1-15-8-10-20-21(11-15)25(31)28(24(20)30)19-6-4-5-18(13-19)26(32)33-14-23(29)27-22-12-16(2)7-9-17(22)3/h4-7,9,12-13,15,20-21H,8,10-11,14H2,1-3H3,(H,27,29)/t15-,20-,21-/m1/s1. The second-order valence-corrected chi connectivity index (χ2v) is 9.14. The Balaban J connectivity index is 1.42. The zero-order chi connectivity index (χ0) is 23.7. The van der Waals surface area contributed by atoms with Crippen LogP contribution in [0.1, 0.15) is 47.7 Å². The molecule has 2 aliphatic rings. The van der Waals surface area contributed by atoms with Crippen molar-refractivity contribution in [3.05, 3.63) is 59.2 Å². The molecule has 33 heavy (non-hydrogen) atoms. The Labute approximate surface area is 193 Å².